The molecule has 2 fully saturated rings. The van der Waals surface area contributed by atoms with Gasteiger partial charge in [0.1, 0.15) is 17.5 Å². The molecule has 1 aromatic carbocycles. The summed E-state index contributed by atoms with van der Waals surface area (Å²) >= 11 is 0. The number of benzene rings is 1. The van der Waals surface area contributed by atoms with Crippen molar-refractivity contribution in [1.82, 2.24) is 4.90 Å². The molecule has 0 radical (unpaired) electrons. The van der Waals surface area contributed by atoms with Crippen LogP contribution in [0.1, 0.15) is 51.5 Å². The van der Waals surface area contributed by atoms with E-state index in [0.717, 1.165) is 18.4 Å². The van der Waals surface area contributed by atoms with Crippen LogP contribution in [0.25, 0.3) is 0 Å². The Balaban J connectivity index is 1.65. The molecular weight excluding hydrogens is 324 g/mol. The number of hydrogen-bond acceptors (Lipinski definition) is 5. The Bertz CT molecular complexity index is 679. The number of rotatable bonds is 4. The lowest BCUT2D eigenvalue weighted by Crippen LogP contribution is -2.36. The standard InChI is InChI=1S/C18H24N2O5/c1-18(2,3)25-17(21)19-7-6-15(11-19)24-16-9-13(12-4-5-12)8-14(10-16)20(22)23/h8-10,12,15H,4-7,11H2,1-3H3/t15-/m1/s1. The van der Waals surface area contributed by atoms with Gasteiger partial charge in [-0.15, -0.1) is 0 Å². The van der Waals surface area contributed by atoms with E-state index in [1.807, 2.05) is 26.8 Å². The van der Waals surface area contributed by atoms with Crippen molar-refractivity contribution in [2.75, 3.05) is 13.1 Å². The minimum absolute atomic E-state index is 0.0568. The summed E-state index contributed by atoms with van der Waals surface area (Å²) < 4.78 is 11.3. The van der Waals surface area contributed by atoms with Crippen molar-refractivity contribution in [2.24, 2.45) is 0 Å². The molecule has 0 spiro atoms. The first-order chi connectivity index (χ1) is 11.7. The smallest absolute Gasteiger partial charge is 0.410 e. The number of carbonyl (C=O) groups is 1. The van der Waals surface area contributed by atoms with E-state index >= 15 is 0 Å². The van der Waals surface area contributed by atoms with Gasteiger partial charge in [0.25, 0.3) is 5.69 Å². The molecule has 7 nitrogen and oxygen atoms in total. The highest BCUT2D eigenvalue weighted by molar-refractivity contribution is 5.68. The van der Waals surface area contributed by atoms with Crippen LogP contribution in [-0.4, -0.2) is 40.7 Å². The molecule has 3 rings (SSSR count). The van der Waals surface area contributed by atoms with Gasteiger partial charge in [-0.1, -0.05) is 0 Å². The predicted octanol–water partition coefficient (Wildman–Crippen LogP) is 3.86. The molecule has 1 saturated heterocycles. The van der Waals surface area contributed by atoms with Crippen molar-refractivity contribution in [3.63, 3.8) is 0 Å². The second kappa shape index (κ2) is 6.54. The van der Waals surface area contributed by atoms with Crippen molar-refractivity contribution >= 4 is 11.8 Å². The van der Waals surface area contributed by atoms with E-state index in [0.29, 0.717) is 31.2 Å². The normalized spacial score (nSPS) is 20.4. The van der Waals surface area contributed by atoms with Gasteiger partial charge in [0, 0.05) is 19.0 Å². The highest BCUT2D eigenvalue weighted by Gasteiger charge is 2.32. The molecule has 1 saturated carbocycles. The Morgan fingerprint density at radius 3 is 2.56 bits per heavy atom. The van der Waals surface area contributed by atoms with Crippen LogP contribution in [-0.2, 0) is 4.74 Å². The number of non-ortho nitro benzene ring substituents is 1. The molecule has 0 bridgehead atoms. The number of nitro benzene ring substituents is 1. The third-order valence-electron chi connectivity index (χ3n) is 4.27. The SMILES string of the molecule is CC(C)(C)OC(=O)N1CC[C@@H](Oc2cc(C3CC3)cc([N+](=O)[O-])c2)C1. The fraction of sp³-hybridized carbons (Fsp3) is 0.611. The van der Waals surface area contributed by atoms with Gasteiger partial charge in [0.05, 0.1) is 17.5 Å². The van der Waals surface area contributed by atoms with E-state index in [1.165, 1.54) is 6.07 Å². The molecule has 2 aliphatic rings. The van der Waals surface area contributed by atoms with E-state index in [-0.39, 0.29) is 22.8 Å². The molecule has 1 aliphatic heterocycles. The van der Waals surface area contributed by atoms with E-state index < -0.39 is 5.60 Å². The zero-order valence-electron chi connectivity index (χ0n) is 14.9. The molecule has 1 aliphatic carbocycles. The van der Waals surface area contributed by atoms with Gasteiger partial charge in [-0.3, -0.25) is 10.1 Å². The second-order valence-corrected chi connectivity index (χ2v) is 7.75. The van der Waals surface area contributed by atoms with Gasteiger partial charge in [-0.25, -0.2) is 4.79 Å². The van der Waals surface area contributed by atoms with E-state index in [2.05, 4.69) is 0 Å². The Labute approximate surface area is 147 Å². The summed E-state index contributed by atoms with van der Waals surface area (Å²) in [7, 11) is 0. The first kappa shape index (κ1) is 17.5. The number of ether oxygens (including phenoxy) is 2. The summed E-state index contributed by atoms with van der Waals surface area (Å²) in [5.74, 6) is 0.913. The topological polar surface area (TPSA) is 81.9 Å². The van der Waals surface area contributed by atoms with Crippen LogP contribution in [0.15, 0.2) is 18.2 Å². The van der Waals surface area contributed by atoms with E-state index in [9.17, 15) is 14.9 Å². The molecule has 0 unspecified atom stereocenters. The van der Waals surface area contributed by atoms with Crippen LogP contribution >= 0.6 is 0 Å². The molecule has 136 valence electrons. The van der Waals surface area contributed by atoms with Crippen molar-refractivity contribution in [3.05, 3.63) is 33.9 Å². The minimum atomic E-state index is -0.533. The Morgan fingerprint density at radius 2 is 1.96 bits per heavy atom. The number of hydrogen-bond donors (Lipinski definition) is 0. The lowest BCUT2D eigenvalue weighted by molar-refractivity contribution is -0.385. The average Bonchev–Trinajstić information content (AvgIpc) is 3.25. The summed E-state index contributed by atoms with van der Waals surface area (Å²) in [5.41, 5.74) is 0.488. The van der Waals surface area contributed by atoms with Crippen LogP contribution in [0.4, 0.5) is 10.5 Å². The van der Waals surface area contributed by atoms with Crippen molar-refractivity contribution in [1.29, 1.82) is 0 Å². The fourth-order valence-corrected chi connectivity index (χ4v) is 2.94. The molecule has 0 aromatic heterocycles. The van der Waals surface area contributed by atoms with Crippen molar-refractivity contribution < 1.29 is 19.2 Å². The molecular formula is C18H24N2O5. The number of nitro groups is 1. The largest absolute Gasteiger partial charge is 0.488 e. The van der Waals surface area contributed by atoms with Gasteiger partial charge >= 0.3 is 6.09 Å². The first-order valence-corrected chi connectivity index (χ1v) is 8.65. The number of nitrogens with zero attached hydrogens (tertiary/aromatic N) is 2. The Kier molecular flexibility index (Phi) is 4.58. The summed E-state index contributed by atoms with van der Waals surface area (Å²) in [6.07, 6.45) is 2.28. The van der Waals surface area contributed by atoms with Crippen LogP contribution in [0.3, 0.4) is 0 Å². The van der Waals surface area contributed by atoms with Crippen molar-refractivity contribution in [2.45, 2.75) is 57.7 Å². The Morgan fingerprint density at radius 1 is 1.24 bits per heavy atom. The predicted molar refractivity (Wildman–Crippen MR) is 91.9 cm³/mol. The molecule has 1 amide bonds. The summed E-state index contributed by atoms with van der Waals surface area (Å²) in [4.78, 5) is 24.5. The summed E-state index contributed by atoms with van der Waals surface area (Å²) in [6, 6.07) is 4.98. The summed E-state index contributed by atoms with van der Waals surface area (Å²) in [5, 5.41) is 11.1. The molecule has 1 atom stereocenters. The van der Waals surface area contributed by atoms with Crippen LogP contribution in [0.5, 0.6) is 5.75 Å². The maximum atomic E-state index is 12.1. The van der Waals surface area contributed by atoms with Crippen LogP contribution in [0, 0.1) is 10.1 Å². The molecule has 7 heteroatoms. The average molecular weight is 348 g/mol. The quantitative estimate of drug-likeness (QED) is 0.609. The third kappa shape index (κ3) is 4.61. The molecule has 1 aromatic rings. The maximum Gasteiger partial charge on any atom is 0.410 e. The minimum Gasteiger partial charge on any atom is -0.488 e. The lowest BCUT2D eigenvalue weighted by Gasteiger charge is -2.24. The number of carbonyl (C=O) groups excluding carboxylic acids is 1. The van der Waals surface area contributed by atoms with Crippen molar-refractivity contribution in [3.8, 4) is 5.75 Å². The van der Waals surface area contributed by atoms with Crippen LogP contribution < -0.4 is 4.74 Å². The Hall–Kier alpha value is -2.31. The molecule has 1 heterocycles. The number of amides is 1. The third-order valence-corrected chi connectivity index (χ3v) is 4.27. The van der Waals surface area contributed by atoms with Crippen LogP contribution in [0.2, 0.25) is 0 Å². The van der Waals surface area contributed by atoms with Gasteiger partial charge in [0.2, 0.25) is 0 Å². The van der Waals surface area contributed by atoms with E-state index in [4.69, 9.17) is 9.47 Å². The number of likely N-dealkylation sites (tertiary alicyclic amines) is 1. The summed E-state index contributed by atoms with van der Waals surface area (Å²) in [6.45, 7) is 6.48. The fourth-order valence-electron chi connectivity index (χ4n) is 2.94. The zero-order chi connectivity index (χ0) is 18.2. The maximum absolute atomic E-state index is 12.1. The van der Waals surface area contributed by atoms with Gasteiger partial charge < -0.3 is 14.4 Å². The molecule has 25 heavy (non-hydrogen) atoms. The van der Waals surface area contributed by atoms with Gasteiger partial charge in [-0.05, 0) is 51.2 Å². The van der Waals surface area contributed by atoms with E-state index in [1.54, 1.807) is 11.0 Å². The van der Waals surface area contributed by atoms with Gasteiger partial charge in [-0.2, -0.15) is 0 Å². The highest BCUT2D eigenvalue weighted by atomic mass is 16.6. The first-order valence-electron chi connectivity index (χ1n) is 8.65. The lowest BCUT2D eigenvalue weighted by atomic mass is 10.1. The monoisotopic (exact) mass is 348 g/mol. The second-order valence-electron chi connectivity index (χ2n) is 7.75. The van der Waals surface area contributed by atoms with Gasteiger partial charge in [0.15, 0.2) is 0 Å². The highest BCUT2D eigenvalue weighted by Crippen LogP contribution is 2.42. The molecule has 0 N–H and O–H groups in total. The zero-order valence-corrected chi connectivity index (χ0v) is 14.9.